The molecule has 0 saturated heterocycles. The predicted molar refractivity (Wildman–Crippen MR) is 66.9 cm³/mol. The molecular formula is C13H17NO2. The molecule has 0 atom stereocenters. The molecule has 0 aliphatic rings. The Hall–Kier alpha value is -1.77. The number of H-pyrrole nitrogens is 1. The lowest BCUT2D eigenvalue weighted by molar-refractivity contribution is 0.480. The minimum Gasteiger partial charge on any atom is -0.507 e. The van der Waals surface area contributed by atoms with Crippen LogP contribution in [0, 0.1) is 6.92 Å². The van der Waals surface area contributed by atoms with Crippen molar-refractivity contribution < 1.29 is 5.11 Å². The summed E-state index contributed by atoms with van der Waals surface area (Å²) in [6, 6.07) is 6.69. The Morgan fingerprint density at radius 1 is 1.25 bits per heavy atom. The molecule has 0 spiro atoms. The van der Waals surface area contributed by atoms with Crippen LogP contribution in [0.2, 0.25) is 0 Å². The average Bonchev–Trinajstić information content (AvgIpc) is 2.20. The summed E-state index contributed by atoms with van der Waals surface area (Å²) in [4.78, 5) is 13.6. The van der Waals surface area contributed by atoms with Gasteiger partial charge in [0, 0.05) is 11.5 Å². The van der Waals surface area contributed by atoms with Gasteiger partial charge in [-0.15, -0.1) is 0 Å². The fourth-order valence-corrected chi connectivity index (χ4v) is 1.35. The summed E-state index contributed by atoms with van der Waals surface area (Å²) in [5.74, 6) is 0.0300. The summed E-state index contributed by atoms with van der Waals surface area (Å²) in [7, 11) is 0. The highest BCUT2D eigenvalue weighted by atomic mass is 16.3. The number of benzene rings is 1. The summed E-state index contributed by atoms with van der Waals surface area (Å²) < 4.78 is 0. The Kier molecular flexibility index (Phi) is 4.11. The summed E-state index contributed by atoms with van der Waals surface area (Å²) in [5, 5.41) is 10.1. The maximum Gasteiger partial charge on any atom is 0.252 e. The normalized spacial score (nSPS) is 9.69. The molecule has 0 aliphatic carbocycles. The van der Waals surface area contributed by atoms with E-state index in [1.165, 1.54) is 12.5 Å². The number of aryl methyl sites for hydroxylation is 1. The number of rotatable bonds is 0. The van der Waals surface area contributed by atoms with Gasteiger partial charge >= 0.3 is 0 Å². The second-order valence-corrected chi connectivity index (χ2v) is 3.77. The molecule has 3 nitrogen and oxygen atoms in total. The van der Waals surface area contributed by atoms with Crippen molar-refractivity contribution in [3.05, 3.63) is 40.2 Å². The van der Waals surface area contributed by atoms with Crippen molar-refractivity contribution in [2.24, 2.45) is 0 Å². The summed E-state index contributed by atoms with van der Waals surface area (Å²) in [6.45, 7) is 6.18. The molecule has 0 bridgehead atoms. The van der Waals surface area contributed by atoms with E-state index in [4.69, 9.17) is 0 Å². The number of fused-ring (bicyclic) bond motifs is 1. The van der Waals surface area contributed by atoms with Crippen LogP contribution in [-0.4, -0.2) is 10.1 Å². The Balaban J connectivity index is 0.000000386. The first-order valence-corrected chi connectivity index (χ1v) is 5.41. The van der Waals surface area contributed by atoms with Crippen LogP contribution >= 0.6 is 0 Å². The molecule has 0 fully saturated rings. The van der Waals surface area contributed by atoms with Crippen LogP contribution in [0.15, 0.2) is 29.1 Å². The Morgan fingerprint density at radius 3 is 2.50 bits per heavy atom. The number of hydrogen-bond acceptors (Lipinski definition) is 2. The Labute approximate surface area is 94.8 Å². The van der Waals surface area contributed by atoms with Crippen LogP contribution in [-0.2, 0) is 0 Å². The Morgan fingerprint density at radius 2 is 1.88 bits per heavy atom. The summed E-state index contributed by atoms with van der Waals surface area (Å²) in [6.07, 6.45) is 1.25. The van der Waals surface area contributed by atoms with Gasteiger partial charge in [-0.1, -0.05) is 31.9 Å². The molecule has 0 saturated carbocycles. The number of hydrogen-bond donors (Lipinski definition) is 2. The van der Waals surface area contributed by atoms with Crippen LogP contribution in [0.3, 0.4) is 0 Å². The number of nitrogens with one attached hydrogen (secondary N) is 1. The smallest absolute Gasteiger partial charge is 0.252 e. The molecule has 2 aromatic rings. The standard InChI is InChI=1S/C10H9NO2.C3H8/c1-6-2-3-8-7(4-6)9(12)5-10(13)11-8;1-3-2/h2-5H,1H3,(H2,11,12,13);3H2,1-2H3. The Bertz CT molecular complexity index is 529. The minimum atomic E-state index is -0.283. The van der Waals surface area contributed by atoms with Crippen molar-refractivity contribution in [3.63, 3.8) is 0 Å². The van der Waals surface area contributed by atoms with Crippen molar-refractivity contribution in [1.82, 2.24) is 4.98 Å². The maximum atomic E-state index is 11.0. The van der Waals surface area contributed by atoms with E-state index in [1.807, 2.05) is 19.1 Å². The quantitative estimate of drug-likeness (QED) is 0.715. The zero-order valence-electron chi connectivity index (χ0n) is 9.87. The van der Waals surface area contributed by atoms with E-state index >= 15 is 0 Å². The first kappa shape index (κ1) is 12.3. The zero-order chi connectivity index (χ0) is 12.1. The predicted octanol–water partition coefficient (Wildman–Crippen LogP) is 2.96. The SMILES string of the molecule is CCC.Cc1ccc2[nH]c(=O)cc(O)c2c1. The minimum absolute atomic E-state index is 0.0300. The van der Waals surface area contributed by atoms with Crippen molar-refractivity contribution >= 4 is 10.9 Å². The monoisotopic (exact) mass is 219 g/mol. The van der Waals surface area contributed by atoms with Gasteiger partial charge in [-0.3, -0.25) is 4.79 Å². The van der Waals surface area contributed by atoms with E-state index in [2.05, 4.69) is 18.8 Å². The van der Waals surface area contributed by atoms with Crippen molar-refractivity contribution in [2.45, 2.75) is 27.2 Å². The lowest BCUT2D eigenvalue weighted by Gasteiger charge is -2.00. The summed E-state index contributed by atoms with van der Waals surface area (Å²) >= 11 is 0. The molecule has 1 aromatic carbocycles. The second kappa shape index (κ2) is 5.35. The van der Waals surface area contributed by atoms with Crippen molar-refractivity contribution in [2.75, 3.05) is 0 Å². The fourth-order valence-electron chi connectivity index (χ4n) is 1.35. The van der Waals surface area contributed by atoms with Gasteiger partial charge in [-0.2, -0.15) is 0 Å². The molecule has 2 rings (SSSR count). The van der Waals surface area contributed by atoms with Gasteiger partial charge in [-0.25, -0.2) is 0 Å². The third-order valence-electron chi connectivity index (χ3n) is 1.98. The summed E-state index contributed by atoms with van der Waals surface area (Å²) in [5.41, 5.74) is 1.43. The van der Waals surface area contributed by atoms with Gasteiger partial charge in [0.2, 0.25) is 0 Å². The molecule has 3 heteroatoms. The van der Waals surface area contributed by atoms with Crippen LogP contribution in [0.25, 0.3) is 10.9 Å². The molecular weight excluding hydrogens is 202 g/mol. The van der Waals surface area contributed by atoms with E-state index < -0.39 is 0 Å². The van der Waals surface area contributed by atoms with E-state index in [1.54, 1.807) is 6.07 Å². The molecule has 0 amide bonds. The molecule has 0 aliphatic heterocycles. The van der Waals surface area contributed by atoms with E-state index in [0.29, 0.717) is 10.9 Å². The molecule has 1 heterocycles. The second-order valence-electron chi connectivity index (χ2n) is 3.77. The van der Waals surface area contributed by atoms with Gasteiger partial charge < -0.3 is 10.1 Å². The first-order valence-electron chi connectivity index (χ1n) is 5.41. The largest absolute Gasteiger partial charge is 0.507 e. The van der Waals surface area contributed by atoms with Gasteiger partial charge in [0.25, 0.3) is 5.56 Å². The van der Waals surface area contributed by atoms with E-state index in [9.17, 15) is 9.90 Å². The highest BCUT2D eigenvalue weighted by Gasteiger charge is 2.00. The fraction of sp³-hybridized carbons (Fsp3) is 0.308. The van der Waals surface area contributed by atoms with Crippen molar-refractivity contribution in [1.29, 1.82) is 0 Å². The lowest BCUT2D eigenvalue weighted by Crippen LogP contribution is -2.02. The van der Waals surface area contributed by atoms with Crippen LogP contribution < -0.4 is 5.56 Å². The molecule has 0 radical (unpaired) electrons. The lowest BCUT2D eigenvalue weighted by atomic mass is 10.1. The van der Waals surface area contributed by atoms with Gasteiger partial charge in [0.1, 0.15) is 5.75 Å². The highest BCUT2D eigenvalue weighted by molar-refractivity contribution is 5.84. The molecule has 16 heavy (non-hydrogen) atoms. The zero-order valence-corrected chi connectivity index (χ0v) is 9.87. The number of aromatic hydroxyl groups is 1. The maximum absolute atomic E-state index is 11.0. The third-order valence-corrected chi connectivity index (χ3v) is 1.98. The molecule has 2 N–H and O–H groups in total. The van der Waals surface area contributed by atoms with Crippen molar-refractivity contribution in [3.8, 4) is 5.75 Å². The van der Waals surface area contributed by atoms with E-state index in [0.717, 1.165) is 5.56 Å². The highest BCUT2D eigenvalue weighted by Crippen LogP contribution is 2.21. The molecule has 0 unspecified atom stereocenters. The third kappa shape index (κ3) is 2.86. The number of aromatic amines is 1. The average molecular weight is 219 g/mol. The number of aromatic nitrogens is 1. The van der Waals surface area contributed by atoms with E-state index in [-0.39, 0.29) is 11.3 Å². The van der Waals surface area contributed by atoms with Crippen LogP contribution in [0.4, 0.5) is 0 Å². The molecule has 86 valence electrons. The van der Waals surface area contributed by atoms with Gasteiger partial charge in [0.05, 0.1) is 5.52 Å². The first-order chi connectivity index (χ1) is 7.58. The number of pyridine rings is 1. The van der Waals surface area contributed by atoms with Gasteiger partial charge in [-0.05, 0) is 19.1 Å². The molecule has 1 aromatic heterocycles. The van der Waals surface area contributed by atoms with Gasteiger partial charge in [0.15, 0.2) is 0 Å². The topological polar surface area (TPSA) is 53.1 Å². The van der Waals surface area contributed by atoms with Crippen LogP contribution in [0.1, 0.15) is 25.8 Å². The van der Waals surface area contributed by atoms with Crippen LogP contribution in [0.5, 0.6) is 5.75 Å².